The van der Waals surface area contributed by atoms with Gasteiger partial charge in [-0.2, -0.15) is 4.98 Å². The van der Waals surface area contributed by atoms with Crippen LogP contribution in [0.5, 0.6) is 5.75 Å². The summed E-state index contributed by atoms with van der Waals surface area (Å²) in [6.07, 6.45) is 4.39. The van der Waals surface area contributed by atoms with E-state index in [0.29, 0.717) is 36.2 Å². The van der Waals surface area contributed by atoms with Crippen LogP contribution in [0.4, 0.5) is 28.8 Å². The zero-order valence-corrected chi connectivity index (χ0v) is 21.5. The number of para-hydroxylation sites is 1. The molecule has 0 bridgehead atoms. The predicted octanol–water partition coefficient (Wildman–Crippen LogP) is 5.80. The van der Waals surface area contributed by atoms with Crippen molar-refractivity contribution < 1.29 is 13.2 Å². The number of anilines is 5. The molecule has 0 radical (unpaired) electrons. The lowest BCUT2D eigenvalue weighted by Crippen LogP contribution is -2.17. The van der Waals surface area contributed by atoms with Crippen molar-refractivity contribution in [3.05, 3.63) is 53.7 Å². The summed E-state index contributed by atoms with van der Waals surface area (Å²) < 4.78 is 31.3. The number of aromatic nitrogens is 2. The molecule has 3 aromatic rings. The fourth-order valence-electron chi connectivity index (χ4n) is 4.04. The highest BCUT2D eigenvalue weighted by atomic mass is 35.5. The van der Waals surface area contributed by atoms with E-state index in [0.717, 1.165) is 24.5 Å². The molecule has 0 unspecified atom stereocenters. The minimum atomic E-state index is -3.44. The Labute approximate surface area is 211 Å². The highest BCUT2D eigenvalue weighted by Gasteiger charge is 2.19. The van der Waals surface area contributed by atoms with Crippen LogP contribution in [0.15, 0.2) is 53.6 Å². The van der Waals surface area contributed by atoms with Crippen molar-refractivity contribution in [2.45, 2.75) is 38.0 Å². The topological polar surface area (TPSA) is 96.5 Å². The van der Waals surface area contributed by atoms with Crippen molar-refractivity contribution in [1.29, 1.82) is 0 Å². The van der Waals surface area contributed by atoms with Crippen LogP contribution >= 0.6 is 11.6 Å². The maximum atomic E-state index is 12.7. The molecular weight excluding hydrogens is 486 g/mol. The van der Waals surface area contributed by atoms with Crippen LogP contribution in [0.1, 0.15) is 33.1 Å². The van der Waals surface area contributed by atoms with Gasteiger partial charge in [0.15, 0.2) is 15.7 Å². The number of benzene rings is 2. The Morgan fingerprint density at radius 1 is 1.06 bits per heavy atom. The third-order valence-corrected chi connectivity index (χ3v) is 7.92. The number of hydrogen-bond acceptors (Lipinski definition) is 8. The van der Waals surface area contributed by atoms with Crippen LogP contribution in [-0.4, -0.2) is 43.8 Å². The number of nitrogens with one attached hydrogen (secondary N) is 2. The lowest BCUT2D eigenvalue weighted by Gasteiger charge is -2.20. The van der Waals surface area contributed by atoms with Gasteiger partial charge in [0, 0.05) is 24.8 Å². The SMILES string of the molecule is CCCS(=O)(=O)c1ccccc1Nc1nc(Nc2ccc(N3CCCC3)cc2OCC)ncc1Cl. The molecule has 0 atom stereocenters. The highest BCUT2D eigenvalue weighted by molar-refractivity contribution is 7.91. The van der Waals surface area contributed by atoms with Crippen molar-refractivity contribution in [1.82, 2.24) is 9.97 Å². The van der Waals surface area contributed by atoms with Gasteiger partial charge in [-0.25, -0.2) is 13.4 Å². The molecule has 10 heteroatoms. The van der Waals surface area contributed by atoms with E-state index in [-0.39, 0.29) is 15.7 Å². The maximum absolute atomic E-state index is 12.7. The quantitative estimate of drug-likeness (QED) is 0.349. The van der Waals surface area contributed by atoms with Gasteiger partial charge in [-0.05, 0) is 50.5 Å². The zero-order chi connectivity index (χ0) is 24.8. The molecule has 8 nitrogen and oxygen atoms in total. The van der Waals surface area contributed by atoms with Crippen LogP contribution in [0, 0.1) is 0 Å². The van der Waals surface area contributed by atoms with Crippen molar-refractivity contribution in [2.24, 2.45) is 0 Å². The van der Waals surface area contributed by atoms with Gasteiger partial charge in [0.2, 0.25) is 5.95 Å². The van der Waals surface area contributed by atoms with Gasteiger partial charge in [0.05, 0.1) is 34.8 Å². The van der Waals surface area contributed by atoms with Gasteiger partial charge in [0.25, 0.3) is 0 Å². The molecule has 2 aromatic carbocycles. The summed E-state index contributed by atoms with van der Waals surface area (Å²) in [7, 11) is -3.44. The summed E-state index contributed by atoms with van der Waals surface area (Å²) in [6, 6.07) is 12.8. The summed E-state index contributed by atoms with van der Waals surface area (Å²) in [5.74, 6) is 1.38. The number of hydrogen-bond donors (Lipinski definition) is 2. The molecule has 0 aliphatic carbocycles. The molecule has 35 heavy (non-hydrogen) atoms. The molecule has 2 N–H and O–H groups in total. The third kappa shape index (κ3) is 5.97. The first-order chi connectivity index (χ1) is 16.9. The van der Waals surface area contributed by atoms with Crippen LogP contribution in [0.2, 0.25) is 5.02 Å². The number of halogens is 1. The van der Waals surface area contributed by atoms with E-state index in [1.165, 1.54) is 19.0 Å². The van der Waals surface area contributed by atoms with Crippen LogP contribution < -0.4 is 20.3 Å². The summed E-state index contributed by atoms with van der Waals surface area (Å²) in [5.41, 5.74) is 2.27. The Hall–Kier alpha value is -3.04. The first-order valence-corrected chi connectivity index (χ1v) is 13.8. The fourth-order valence-corrected chi connectivity index (χ4v) is 5.68. The van der Waals surface area contributed by atoms with E-state index in [9.17, 15) is 8.42 Å². The fraction of sp³-hybridized carbons (Fsp3) is 0.360. The highest BCUT2D eigenvalue weighted by Crippen LogP contribution is 2.34. The minimum Gasteiger partial charge on any atom is -0.492 e. The minimum absolute atomic E-state index is 0.0592. The summed E-state index contributed by atoms with van der Waals surface area (Å²) >= 11 is 6.36. The number of ether oxygens (including phenoxy) is 1. The van der Waals surface area contributed by atoms with E-state index >= 15 is 0 Å². The van der Waals surface area contributed by atoms with E-state index in [4.69, 9.17) is 16.3 Å². The van der Waals surface area contributed by atoms with Gasteiger partial charge >= 0.3 is 0 Å². The predicted molar refractivity (Wildman–Crippen MR) is 141 cm³/mol. The van der Waals surface area contributed by atoms with Gasteiger partial charge in [0.1, 0.15) is 10.8 Å². The van der Waals surface area contributed by atoms with E-state index in [1.807, 2.05) is 26.0 Å². The zero-order valence-electron chi connectivity index (χ0n) is 19.9. The lowest BCUT2D eigenvalue weighted by molar-refractivity contribution is 0.342. The molecule has 1 fully saturated rings. The number of nitrogens with zero attached hydrogens (tertiary/aromatic N) is 3. The van der Waals surface area contributed by atoms with Crippen molar-refractivity contribution >= 4 is 50.3 Å². The third-order valence-electron chi connectivity index (χ3n) is 5.67. The molecule has 0 spiro atoms. The first-order valence-electron chi connectivity index (χ1n) is 11.8. The van der Waals surface area contributed by atoms with Gasteiger partial charge in [-0.15, -0.1) is 0 Å². The Bertz CT molecular complexity index is 1280. The van der Waals surface area contributed by atoms with E-state index in [2.05, 4.69) is 31.6 Å². The summed E-state index contributed by atoms with van der Waals surface area (Å²) in [5, 5.41) is 6.56. The Morgan fingerprint density at radius 3 is 2.57 bits per heavy atom. The van der Waals surface area contributed by atoms with Crippen molar-refractivity contribution in [2.75, 3.05) is 41.0 Å². The van der Waals surface area contributed by atoms with Crippen molar-refractivity contribution in [3.63, 3.8) is 0 Å². The Morgan fingerprint density at radius 2 is 1.83 bits per heavy atom. The molecule has 2 heterocycles. The summed E-state index contributed by atoms with van der Waals surface area (Å²) in [4.78, 5) is 11.4. The first kappa shape index (κ1) is 25.1. The van der Waals surface area contributed by atoms with Gasteiger partial charge in [-0.1, -0.05) is 30.7 Å². The molecule has 0 amide bonds. The largest absolute Gasteiger partial charge is 0.492 e. The van der Waals surface area contributed by atoms with Crippen LogP contribution in [-0.2, 0) is 9.84 Å². The van der Waals surface area contributed by atoms with E-state index in [1.54, 1.807) is 24.3 Å². The molecule has 1 aliphatic rings. The normalized spacial score (nSPS) is 13.6. The summed E-state index contributed by atoms with van der Waals surface area (Å²) in [6.45, 7) is 6.39. The average Bonchev–Trinajstić information content (AvgIpc) is 3.38. The van der Waals surface area contributed by atoms with Gasteiger partial charge < -0.3 is 20.3 Å². The second-order valence-corrected chi connectivity index (χ2v) is 10.7. The average molecular weight is 516 g/mol. The molecule has 1 saturated heterocycles. The molecule has 4 rings (SSSR count). The molecule has 1 aliphatic heterocycles. The smallest absolute Gasteiger partial charge is 0.229 e. The Kier molecular flexibility index (Phi) is 7.97. The van der Waals surface area contributed by atoms with Gasteiger partial charge in [-0.3, -0.25) is 0 Å². The number of rotatable bonds is 10. The second-order valence-electron chi connectivity index (χ2n) is 8.26. The van der Waals surface area contributed by atoms with Crippen molar-refractivity contribution in [3.8, 4) is 5.75 Å². The monoisotopic (exact) mass is 515 g/mol. The lowest BCUT2D eigenvalue weighted by atomic mass is 10.2. The standard InChI is InChI=1S/C25H30ClN5O3S/c1-3-15-35(32,33)23-10-6-5-9-21(23)28-24-19(26)17-27-25(30-24)29-20-12-11-18(16-22(20)34-4-2)31-13-7-8-14-31/h5-6,9-12,16-17H,3-4,7-8,13-15H2,1-2H3,(H2,27,28,29,30). The molecule has 186 valence electrons. The number of sulfone groups is 1. The Balaban J connectivity index is 1.61. The van der Waals surface area contributed by atoms with E-state index < -0.39 is 9.84 Å². The van der Waals surface area contributed by atoms with Crippen LogP contribution in [0.25, 0.3) is 0 Å². The van der Waals surface area contributed by atoms with Crippen LogP contribution in [0.3, 0.4) is 0 Å². The molecule has 1 aromatic heterocycles. The molecule has 0 saturated carbocycles. The maximum Gasteiger partial charge on any atom is 0.229 e. The second kappa shape index (κ2) is 11.1. The molecular formula is C25H30ClN5O3S.